The minimum atomic E-state index is -4.47. The average molecular weight is 353 g/mol. The molecule has 6 heteroatoms. The molecule has 0 saturated heterocycles. The first kappa shape index (κ1) is 20.9. The Morgan fingerprint density at radius 2 is 1.92 bits per heavy atom. The Kier molecular flexibility index (Phi) is 8.38. The zero-order valence-corrected chi connectivity index (χ0v) is 14.8. The number of pyridine rings is 1. The lowest BCUT2D eigenvalue weighted by Gasteiger charge is -2.15. The number of hydrogen-bond acceptors (Lipinski definition) is 2. The number of rotatable bonds is 3. The lowest BCUT2D eigenvalue weighted by atomic mass is 9.91. The molecule has 0 radical (unpaired) electrons. The molecule has 0 bridgehead atoms. The number of alkyl halides is 3. The van der Waals surface area contributed by atoms with E-state index in [1.165, 1.54) is 63.6 Å². The van der Waals surface area contributed by atoms with Crippen molar-refractivity contribution in [3.8, 4) is 0 Å². The molecule has 0 unspecified atom stereocenters. The van der Waals surface area contributed by atoms with Crippen molar-refractivity contribution in [2.45, 2.75) is 45.2 Å². The lowest BCUT2D eigenvalue weighted by Crippen LogP contribution is -2.10. The second-order valence-corrected chi connectivity index (χ2v) is 6.15. The van der Waals surface area contributed by atoms with Crippen molar-refractivity contribution in [3.05, 3.63) is 48.3 Å². The molecule has 138 valence electrons. The van der Waals surface area contributed by atoms with Gasteiger partial charge in [-0.25, -0.2) is 0 Å². The van der Waals surface area contributed by atoms with E-state index >= 15 is 0 Å². The van der Waals surface area contributed by atoms with Gasteiger partial charge in [0.15, 0.2) is 0 Å². The van der Waals surface area contributed by atoms with Crippen molar-refractivity contribution in [1.82, 2.24) is 4.98 Å². The molecule has 1 heterocycles. The van der Waals surface area contributed by atoms with Crippen molar-refractivity contribution in [2.24, 2.45) is 16.6 Å². The second-order valence-electron chi connectivity index (χ2n) is 6.15. The van der Waals surface area contributed by atoms with Crippen LogP contribution in [0.2, 0.25) is 0 Å². The zero-order chi connectivity index (χ0) is 18.9. The maximum Gasteiger partial charge on any atom is 0.418 e. The molecule has 1 aliphatic carbocycles. The number of halogens is 3. The summed E-state index contributed by atoms with van der Waals surface area (Å²) in [5.74, 6) is 1.23. The van der Waals surface area contributed by atoms with Crippen LogP contribution >= 0.6 is 0 Å². The van der Waals surface area contributed by atoms with Gasteiger partial charge in [-0.3, -0.25) is 9.98 Å². The van der Waals surface area contributed by atoms with E-state index in [-0.39, 0.29) is 17.1 Å². The van der Waals surface area contributed by atoms with E-state index in [1.807, 2.05) is 0 Å². The molecule has 25 heavy (non-hydrogen) atoms. The first-order valence-electron chi connectivity index (χ1n) is 8.37. The summed E-state index contributed by atoms with van der Waals surface area (Å²) < 4.78 is 38.2. The molecular weight excluding hydrogens is 327 g/mol. The van der Waals surface area contributed by atoms with Crippen LogP contribution in [-0.4, -0.2) is 17.9 Å². The van der Waals surface area contributed by atoms with E-state index in [1.54, 1.807) is 0 Å². The third-order valence-corrected chi connectivity index (χ3v) is 4.02. The van der Waals surface area contributed by atoms with Crippen LogP contribution in [0.15, 0.2) is 42.1 Å². The highest BCUT2D eigenvalue weighted by atomic mass is 19.4. The molecule has 2 rings (SSSR count). The van der Waals surface area contributed by atoms with E-state index in [4.69, 9.17) is 5.73 Å². The Morgan fingerprint density at radius 1 is 1.28 bits per heavy atom. The zero-order valence-electron chi connectivity index (χ0n) is 14.8. The molecule has 3 nitrogen and oxygen atoms in total. The van der Waals surface area contributed by atoms with E-state index < -0.39 is 11.7 Å². The van der Waals surface area contributed by atoms with E-state index in [0.29, 0.717) is 0 Å². The topological polar surface area (TPSA) is 51.3 Å². The van der Waals surface area contributed by atoms with E-state index in [0.717, 1.165) is 12.0 Å². The number of aliphatic imine (C=N–C) groups is 1. The monoisotopic (exact) mass is 353 g/mol. The Morgan fingerprint density at radius 3 is 2.40 bits per heavy atom. The van der Waals surface area contributed by atoms with Gasteiger partial charge in [0.2, 0.25) is 0 Å². The molecule has 0 aliphatic heterocycles. The van der Waals surface area contributed by atoms with Crippen LogP contribution in [-0.2, 0) is 6.18 Å². The summed E-state index contributed by atoms with van der Waals surface area (Å²) in [7, 11) is 1.48. The fourth-order valence-electron chi connectivity index (χ4n) is 2.54. The molecule has 0 spiro atoms. The molecular formula is C19H26F3N3. The molecule has 1 aromatic rings. The van der Waals surface area contributed by atoms with Crippen LogP contribution in [0.4, 0.5) is 13.2 Å². The number of nitrogens with zero attached hydrogens (tertiary/aromatic N) is 2. The fourth-order valence-corrected chi connectivity index (χ4v) is 2.54. The van der Waals surface area contributed by atoms with Gasteiger partial charge >= 0.3 is 6.18 Å². The number of amidine groups is 1. The minimum absolute atomic E-state index is 0.120. The summed E-state index contributed by atoms with van der Waals surface area (Å²) >= 11 is 0. The van der Waals surface area contributed by atoms with Gasteiger partial charge < -0.3 is 5.73 Å². The smallest absolute Gasteiger partial charge is 0.384 e. The summed E-state index contributed by atoms with van der Waals surface area (Å²) in [5.41, 5.74) is 4.48. The maximum atomic E-state index is 12.7. The summed E-state index contributed by atoms with van der Waals surface area (Å²) in [4.78, 5) is 7.35. The van der Waals surface area contributed by atoms with E-state index in [2.05, 4.69) is 23.5 Å². The minimum Gasteiger partial charge on any atom is -0.384 e. The summed E-state index contributed by atoms with van der Waals surface area (Å²) in [6, 6.07) is 2.18. The Labute approximate surface area is 147 Å². The largest absolute Gasteiger partial charge is 0.418 e. The van der Waals surface area contributed by atoms with E-state index in [9.17, 15) is 13.2 Å². The van der Waals surface area contributed by atoms with Gasteiger partial charge in [0.05, 0.1) is 11.3 Å². The normalized spacial score (nSPS) is 16.4. The SMILES string of the molecule is C=C(/C=C\C(N)=NC)c1ncccc1C(F)(F)F.CC1CCCCC1. The lowest BCUT2D eigenvalue weighted by molar-refractivity contribution is -0.138. The Hall–Kier alpha value is -2.11. The van der Waals surface area contributed by atoms with Crippen LogP contribution < -0.4 is 5.73 Å². The molecule has 1 saturated carbocycles. The quantitative estimate of drug-likeness (QED) is 0.459. The van der Waals surface area contributed by atoms with Gasteiger partial charge in [-0.1, -0.05) is 45.6 Å². The Bertz CT molecular complexity index is 613. The van der Waals surface area contributed by atoms with Gasteiger partial charge in [0, 0.05) is 13.2 Å². The highest BCUT2D eigenvalue weighted by Crippen LogP contribution is 2.33. The highest BCUT2D eigenvalue weighted by Gasteiger charge is 2.34. The number of nitrogens with two attached hydrogens (primary N) is 1. The van der Waals surface area contributed by atoms with Crippen molar-refractivity contribution in [3.63, 3.8) is 0 Å². The fraction of sp³-hybridized carbons (Fsp3) is 0.474. The van der Waals surface area contributed by atoms with Crippen LogP contribution in [0.1, 0.15) is 50.3 Å². The van der Waals surface area contributed by atoms with Gasteiger partial charge in [0.1, 0.15) is 5.84 Å². The molecule has 1 aromatic heterocycles. The maximum absolute atomic E-state index is 12.7. The second kappa shape index (κ2) is 10.0. The molecule has 1 aliphatic rings. The molecule has 0 aromatic carbocycles. The van der Waals surface area contributed by atoms with Crippen LogP contribution in [0.25, 0.3) is 5.57 Å². The molecule has 1 fully saturated rings. The third kappa shape index (κ3) is 7.54. The number of allylic oxidation sites excluding steroid dienone is 2. The predicted molar refractivity (Wildman–Crippen MR) is 97.2 cm³/mol. The van der Waals surface area contributed by atoms with Gasteiger partial charge in [-0.15, -0.1) is 0 Å². The third-order valence-electron chi connectivity index (χ3n) is 4.02. The molecule has 0 atom stereocenters. The summed E-state index contributed by atoms with van der Waals surface area (Å²) in [6.45, 7) is 5.91. The molecule has 0 amide bonds. The van der Waals surface area contributed by atoms with Crippen molar-refractivity contribution in [2.75, 3.05) is 7.05 Å². The first-order valence-corrected chi connectivity index (χ1v) is 8.37. The van der Waals surface area contributed by atoms with Crippen molar-refractivity contribution in [1.29, 1.82) is 0 Å². The van der Waals surface area contributed by atoms with Gasteiger partial charge in [-0.2, -0.15) is 13.2 Å². The number of aromatic nitrogens is 1. The number of hydrogen-bond donors (Lipinski definition) is 1. The highest BCUT2D eigenvalue weighted by molar-refractivity contribution is 5.93. The van der Waals surface area contributed by atoms with Crippen molar-refractivity contribution >= 4 is 11.4 Å². The van der Waals surface area contributed by atoms with Crippen molar-refractivity contribution < 1.29 is 13.2 Å². The first-order chi connectivity index (χ1) is 11.8. The van der Waals surface area contributed by atoms with Crippen LogP contribution in [0.5, 0.6) is 0 Å². The van der Waals surface area contributed by atoms with Gasteiger partial charge in [0.25, 0.3) is 0 Å². The standard InChI is InChI=1S/C12H12F3N3.C7H14/c1-8(5-6-10(16)17-2)11-9(12(13,14)15)4-3-7-18-11;1-7-5-3-2-4-6-7/h3-7H,1H2,2H3,(H2,16,17);7H,2-6H2,1H3/b6-5-;. The summed E-state index contributed by atoms with van der Waals surface area (Å²) in [6.07, 6.45) is 6.97. The van der Waals surface area contributed by atoms with Crippen LogP contribution in [0.3, 0.4) is 0 Å². The predicted octanol–water partition coefficient (Wildman–Crippen LogP) is 5.24. The summed E-state index contributed by atoms with van der Waals surface area (Å²) in [5, 5.41) is 0. The average Bonchev–Trinajstić information content (AvgIpc) is 2.59. The Balaban J connectivity index is 0.000000370. The van der Waals surface area contributed by atoms with Crippen LogP contribution in [0, 0.1) is 5.92 Å². The molecule has 2 N–H and O–H groups in total. The van der Waals surface area contributed by atoms with Gasteiger partial charge in [-0.05, 0) is 35.8 Å².